The van der Waals surface area contributed by atoms with Crippen LogP contribution in [0.25, 0.3) is 0 Å². The Bertz CT molecular complexity index is 898. The summed E-state index contributed by atoms with van der Waals surface area (Å²) in [6.07, 6.45) is 3.06. The van der Waals surface area contributed by atoms with Gasteiger partial charge in [0.1, 0.15) is 6.17 Å². The van der Waals surface area contributed by atoms with Gasteiger partial charge in [0.05, 0.1) is 12.2 Å². The van der Waals surface area contributed by atoms with E-state index in [9.17, 15) is 9.59 Å². The summed E-state index contributed by atoms with van der Waals surface area (Å²) in [7, 11) is 0. The van der Waals surface area contributed by atoms with Crippen molar-refractivity contribution in [1.82, 2.24) is 30.9 Å². The zero-order chi connectivity index (χ0) is 21.5. The molecule has 0 bridgehead atoms. The van der Waals surface area contributed by atoms with Crippen LogP contribution in [0.1, 0.15) is 42.6 Å². The molecule has 0 saturated carbocycles. The van der Waals surface area contributed by atoms with E-state index in [2.05, 4.69) is 34.9 Å². The minimum atomic E-state index is -0.310. The van der Waals surface area contributed by atoms with Gasteiger partial charge in [0.25, 0.3) is 5.91 Å². The highest BCUT2D eigenvalue weighted by Gasteiger charge is 2.41. The van der Waals surface area contributed by atoms with Crippen molar-refractivity contribution in [1.29, 1.82) is 0 Å². The van der Waals surface area contributed by atoms with E-state index in [1.807, 2.05) is 34.1 Å². The second-order valence-electron chi connectivity index (χ2n) is 9.16. The van der Waals surface area contributed by atoms with Crippen LogP contribution in [-0.2, 0) is 6.42 Å². The molecule has 3 amide bonds. The fourth-order valence-electron chi connectivity index (χ4n) is 5.28. The molecule has 0 spiro atoms. The summed E-state index contributed by atoms with van der Waals surface area (Å²) in [5.74, 6) is -0.119. The van der Waals surface area contributed by atoms with Gasteiger partial charge in [0.2, 0.25) is 0 Å². The minimum Gasteiger partial charge on any atom is -0.331 e. The maximum atomic E-state index is 13.3. The number of hydrogen-bond acceptors (Lipinski definition) is 5. The van der Waals surface area contributed by atoms with E-state index in [1.54, 1.807) is 0 Å². The molecule has 31 heavy (non-hydrogen) atoms. The highest BCUT2D eigenvalue weighted by Crippen LogP contribution is 2.28. The third-order valence-electron chi connectivity index (χ3n) is 7.17. The lowest BCUT2D eigenvalue weighted by atomic mass is 10.1. The molecule has 3 N–H and O–H groups in total. The van der Waals surface area contributed by atoms with Gasteiger partial charge in [-0.3, -0.25) is 9.69 Å². The van der Waals surface area contributed by atoms with Gasteiger partial charge in [-0.05, 0) is 50.4 Å². The molecule has 2 fully saturated rings. The fraction of sp³-hybridized carbons (Fsp3) is 0.565. The van der Waals surface area contributed by atoms with E-state index >= 15 is 0 Å². The summed E-state index contributed by atoms with van der Waals surface area (Å²) in [6.45, 7) is 8.28. The van der Waals surface area contributed by atoms with Crippen LogP contribution >= 0.6 is 0 Å². The molecule has 4 aliphatic heterocycles. The van der Waals surface area contributed by atoms with Crippen LogP contribution < -0.4 is 16.2 Å². The van der Waals surface area contributed by atoms with Crippen molar-refractivity contribution in [2.45, 2.75) is 51.4 Å². The Morgan fingerprint density at radius 2 is 1.97 bits per heavy atom. The second-order valence-corrected chi connectivity index (χ2v) is 9.16. The number of carbonyl (C=O) groups excluding carboxylic acids is 2. The molecular weight excluding hydrogens is 392 g/mol. The molecule has 8 heteroatoms. The van der Waals surface area contributed by atoms with Crippen molar-refractivity contribution in [3.8, 4) is 0 Å². The largest absolute Gasteiger partial charge is 0.331 e. The number of aryl methyl sites for hydroxylation is 1. The number of rotatable bonds is 3. The molecular formula is C23H32N6O2. The van der Waals surface area contributed by atoms with Crippen molar-refractivity contribution >= 4 is 11.9 Å². The number of urea groups is 1. The van der Waals surface area contributed by atoms with Gasteiger partial charge in [0, 0.05) is 42.9 Å². The normalized spacial score (nSPS) is 27.9. The first-order valence-electron chi connectivity index (χ1n) is 11.5. The zero-order valence-electron chi connectivity index (χ0n) is 18.4. The van der Waals surface area contributed by atoms with Crippen molar-refractivity contribution in [2.75, 3.05) is 32.7 Å². The molecule has 4 heterocycles. The molecule has 0 aromatic heterocycles. The molecule has 0 radical (unpaired) electrons. The standard InChI is InChI=1S/C23H32N6O2/c1-3-16-6-8-17(9-7-16)22(30)24-21-19-13-28(14-20(19)25-26-21)23(31)29-12-18-5-4-10-27(18)11-15(29)2/h6-9,15,18,21,25-26H,3-5,10-14H2,1-2H3,(H,24,30)/t15?,18-,21?/m0/s1. The Hall–Kier alpha value is -2.58. The fourth-order valence-corrected chi connectivity index (χ4v) is 5.28. The van der Waals surface area contributed by atoms with Crippen molar-refractivity contribution in [3.05, 3.63) is 46.7 Å². The molecule has 3 atom stereocenters. The third-order valence-corrected chi connectivity index (χ3v) is 7.17. The lowest BCUT2D eigenvalue weighted by molar-refractivity contribution is 0.0661. The Morgan fingerprint density at radius 3 is 2.74 bits per heavy atom. The molecule has 1 aromatic carbocycles. The van der Waals surface area contributed by atoms with Gasteiger partial charge >= 0.3 is 6.03 Å². The van der Waals surface area contributed by atoms with Gasteiger partial charge < -0.3 is 20.5 Å². The number of benzene rings is 1. The molecule has 2 saturated heterocycles. The summed E-state index contributed by atoms with van der Waals surface area (Å²) in [5.41, 5.74) is 10.2. The third kappa shape index (κ3) is 3.78. The van der Waals surface area contributed by atoms with Gasteiger partial charge in [0.15, 0.2) is 0 Å². The van der Waals surface area contributed by atoms with Crippen LogP contribution in [0.15, 0.2) is 35.5 Å². The second kappa shape index (κ2) is 8.16. The molecule has 1 aromatic rings. The van der Waals surface area contributed by atoms with Crippen molar-refractivity contribution in [2.24, 2.45) is 0 Å². The first-order chi connectivity index (χ1) is 15.0. The number of nitrogens with one attached hydrogen (secondary N) is 3. The van der Waals surface area contributed by atoms with Crippen LogP contribution in [0, 0.1) is 0 Å². The summed E-state index contributed by atoms with van der Waals surface area (Å²) < 4.78 is 0. The van der Waals surface area contributed by atoms with Gasteiger partial charge in [-0.25, -0.2) is 10.2 Å². The predicted octanol–water partition coefficient (Wildman–Crippen LogP) is 1.27. The monoisotopic (exact) mass is 424 g/mol. The maximum absolute atomic E-state index is 13.3. The molecule has 5 rings (SSSR count). The van der Waals surface area contributed by atoms with E-state index in [0.29, 0.717) is 24.7 Å². The number of carbonyl (C=O) groups is 2. The predicted molar refractivity (Wildman–Crippen MR) is 118 cm³/mol. The summed E-state index contributed by atoms with van der Waals surface area (Å²) in [6, 6.07) is 8.54. The number of nitrogens with zero attached hydrogens (tertiary/aromatic N) is 3. The van der Waals surface area contributed by atoms with Crippen LogP contribution in [-0.4, -0.2) is 77.6 Å². The average molecular weight is 425 g/mol. The minimum absolute atomic E-state index is 0.107. The number of amides is 3. The molecule has 8 nitrogen and oxygen atoms in total. The van der Waals surface area contributed by atoms with Crippen molar-refractivity contribution < 1.29 is 9.59 Å². The van der Waals surface area contributed by atoms with E-state index in [4.69, 9.17) is 0 Å². The molecule has 4 aliphatic rings. The van der Waals surface area contributed by atoms with Gasteiger partial charge in [-0.2, -0.15) is 0 Å². The van der Waals surface area contributed by atoms with Gasteiger partial charge in [-0.1, -0.05) is 19.1 Å². The highest BCUT2D eigenvalue weighted by molar-refractivity contribution is 5.94. The van der Waals surface area contributed by atoms with Gasteiger partial charge in [-0.15, -0.1) is 0 Å². The Labute approximate surface area is 183 Å². The SMILES string of the molecule is CCc1ccc(C(=O)NC2NNC3=C2CN(C(=O)N2C[C@@H]4CCCN4CC2C)C3)cc1. The quantitative estimate of drug-likeness (QED) is 0.681. The summed E-state index contributed by atoms with van der Waals surface area (Å²) in [4.78, 5) is 32.5. The van der Waals surface area contributed by atoms with E-state index < -0.39 is 0 Å². The van der Waals surface area contributed by atoms with Crippen LogP contribution in [0.5, 0.6) is 0 Å². The molecule has 166 valence electrons. The molecule has 2 unspecified atom stereocenters. The average Bonchev–Trinajstić information content (AvgIpc) is 3.49. The van der Waals surface area contributed by atoms with Crippen LogP contribution in [0.4, 0.5) is 4.79 Å². The summed E-state index contributed by atoms with van der Waals surface area (Å²) in [5, 5.41) is 3.05. The van der Waals surface area contributed by atoms with Crippen LogP contribution in [0.2, 0.25) is 0 Å². The first-order valence-corrected chi connectivity index (χ1v) is 11.5. The Morgan fingerprint density at radius 1 is 1.16 bits per heavy atom. The lowest BCUT2D eigenvalue weighted by Gasteiger charge is -2.43. The van der Waals surface area contributed by atoms with E-state index in [0.717, 1.165) is 37.3 Å². The Kier molecular flexibility index (Phi) is 5.35. The first kappa shape index (κ1) is 20.3. The topological polar surface area (TPSA) is 79.9 Å². The number of hydrazine groups is 1. The van der Waals surface area contributed by atoms with Crippen LogP contribution in [0.3, 0.4) is 0 Å². The van der Waals surface area contributed by atoms with Crippen molar-refractivity contribution in [3.63, 3.8) is 0 Å². The zero-order valence-corrected chi connectivity index (χ0v) is 18.4. The van der Waals surface area contributed by atoms with E-state index in [1.165, 1.54) is 18.4 Å². The van der Waals surface area contributed by atoms with E-state index in [-0.39, 0.29) is 24.1 Å². The number of piperazine rings is 1. The highest BCUT2D eigenvalue weighted by atomic mass is 16.2. The number of fused-ring (bicyclic) bond motifs is 1. The smallest absolute Gasteiger partial charge is 0.320 e. The lowest BCUT2D eigenvalue weighted by Crippen LogP contribution is -2.60. The Balaban J connectivity index is 1.21. The molecule has 0 aliphatic carbocycles. The summed E-state index contributed by atoms with van der Waals surface area (Å²) >= 11 is 0. The maximum Gasteiger partial charge on any atom is 0.320 e. The number of hydrogen-bond donors (Lipinski definition) is 3.